The SMILES string of the molecule is c1ccc(C(=C(c2ccccc2)c2ccccc2)C2=C(c3ccccc3)[C@]3(c4ccccc4)c4ccccc4[C@]4(c5ccccc5)[C@@H]2[C@@]34c2ccccc2)cc1. The molecule has 264 valence electrons. The highest BCUT2D eigenvalue weighted by molar-refractivity contribution is 6.14. The molecule has 3 aliphatic carbocycles. The summed E-state index contributed by atoms with van der Waals surface area (Å²) < 4.78 is 0. The summed E-state index contributed by atoms with van der Waals surface area (Å²) in [6, 6.07) is 88.7. The van der Waals surface area contributed by atoms with Gasteiger partial charge in [-0.05, 0) is 72.4 Å². The van der Waals surface area contributed by atoms with E-state index in [1.165, 1.54) is 72.4 Å². The summed E-state index contributed by atoms with van der Waals surface area (Å²) in [6.45, 7) is 0. The predicted molar refractivity (Wildman–Crippen MR) is 231 cm³/mol. The Morgan fingerprint density at radius 3 is 1.20 bits per heavy atom. The average molecular weight is 713 g/mol. The van der Waals surface area contributed by atoms with Gasteiger partial charge in [-0.25, -0.2) is 0 Å². The molecule has 3 aliphatic rings. The van der Waals surface area contributed by atoms with E-state index in [4.69, 9.17) is 0 Å². The molecule has 0 spiro atoms. The van der Waals surface area contributed by atoms with Gasteiger partial charge in [-0.3, -0.25) is 0 Å². The molecule has 56 heavy (non-hydrogen) atoms. The van der Waals surface area contributed by atoms with Gasteiger partial charge >= 0.3 is 0 Å². The second-order valence-electron chi connectivity index (χ2n) is 15.4. The predicted octanol–water partition coefficient (Wildman–Crippen LogP) is 13.0. The molecule has 0 unspecified atom stereocenters. The van der Waals surface area contributed by atoms with Crippen LogP contribution in [0.25, 0.3) is 16.7 Å². The minimum Gasteiger partial charge on any atom is -0.0622 e. The van der Waals surface area contributed by atoms with Gasteiger partial charge in [0.15, 0.2) is 0 Å². The van der Waals surface area contributed by atoms with Gasteiger partial charge < -0.3 is 0 Å². The largest absolute Gasteiger partial charge is 0.0622 e. The number of benzene rings is 8. The van der Waals surface area contributed by atoms with E-state index in [2.05, 4.69) is 237 Å². The average Bonchev–Trinajstić information content (AvgIpc) is 3.77. The number of fused-ring (bicyclic) bond motifs is 4. The Morgan fingerprint density at radius 2 is 0.696 bits per heavy atom. The van der Waals surface area contributed by atoms with Gasteiger partial charge in [0.2, 0.25) is 0 Å². The third-order valence-corrected chi connectivity index (χ3v) is 13.1. The molecule has 0 N–H and O–H groups in total. The van der Waals surface area contributed by atoms with Gasteiger partial charge in [-0.15, -0.1) is 0 Å². The molecule has 8 aromatic carbocycles. The van der Waals surface area contributed by atoms with Gasteiger partial charge in [0.1, 0.15) is 0 Å². The number of hydrogen-bond donors (Lipinski definition) is 0. The second-order valence-corrected chi connectivity index (χ2v) is 15.4. The standard InChI is InChI=1S/C56H40/c1-8-24-40(25-9-1)49(41-26-10-2-11-27-41)50(42-28-12-3-13-29-42)51-52(43-30-14-4-15-31-43)54(44-32-16-5-17-33-44)47-38-22-23-39-48(47)55(45-34-18-6-19-35-45)53(51)56(54,55)46-36-20-7-21-37-46/h1-39,53H/t53-,54+,55-,56+/m1/s1. The highest BCUT2D eigenvalue weighted by Crippen LogP contribution is 2.93. The summed E-state index contributed by atoms with van der Waals surface area (Å²) >= 11 is 0. The van der Waals surface area contributed by atoms with Gasteiger partial charge in [-0.2, -0.15) is 0 Å². The molecule has 0 saturated heterocycles. The zero-order valence-corrected chi connectivity index (χ0v) is 31.1. The van der Waals surface area contributed by atoms with E-state index >= 15 is 0 Å². The first-order chi connectivity index (χ1) is 27.8. The van der Waals surface area contributed by atoms with E-state index < -0.39 is 5.41 Å². The molecule has 0 heteroatoms. The molecule has 8 aromatic rings. The van der Waals surface area contributed by atoms with Crippen LogP contribution in [0.5, 0.6) is 0 Å². The van der Waals surface area contributed by atoms with Crippen LogP contribution in [0.1, 0.15) is 50.1 Å². The van der Waals surface area contributed by atoms with Crippen LogP contribution in [-0.4, -0.2) is 0 Å². The molecule has 0 bridgehead atoms. The third kappa shape index (κ3) is 4.14. The number of hydrogen-bond acceptors (Lipinski definition) is 0. The quantitative estimate of drug-likeness (QED) is 0.138. The Labute approximate surface area is 329 Å². The monoisotopic (exact) mass is 712 g/mol. The molecule has 0 heterocycles. The zero-order chi connectivity index (χ0) is 37.2. The maximum atomic E-state index is 2.46. The van der Waals surface area contributed by atoms with Crippen LogP contribution in [0, 0.1) is 5.92 Å². The Balaban J connectivity index is 1.43. The molecule has 1 saturated carbocycles. The van der Waals surface area contributed by atoms with Crippen LogP contribution < -0.4 is 0 Å². The Hall–Kier alpha value is -6.76. The van der Waals surface area contributed by atoms with E-state index in [1.807, 2.05) is 0 Å². The van der Waals surface area contributed by atoms with Crippen molar-refractivity contribution in [3.63, 3.8) is 0 Å². The lowest BCUT2D eigenvalue weighted by Gasteiger charge is -2.42. The first kappa shape index (κ1) is 32.7. The lowest BCUT2D eigenvalue weighted by atomic mass is 9.59. The smallest absolute Gasteiger partial charge is 0.0578 e. The molecule has 0 aliphatic heterocycles. The minimum absolute atomic E-state index is 0.0998. The van der Waals surface area contributed by atoms with Crippen molar-refractivity contribution in [3.05, 3.63) is 292 Å². The van der Waals surface area contributed by atoms with Crippen molar-refractivity contribution in [1.82, 2.24) is 0 Å². The van der Waals surface area contributed by atoms with Crippen molar-refractivity contribution >= 4 is 16.7 Å². The van der Waals surface area contributed by atoms with Crippen LogP contribution in [0.4, 0.5) is 0 Å². The molecule has 0 aromatic heterocycles. The van der Waals surface area contributed by atoms with E-state index in [9.17, 15) is 0 Å². The second kappa shape index (κ2) is 12.7. The highest BCUT2D eigenvalue weighted by atomic mass is 14.9. The van der Waals surface area contributed by atoms with Gasteiger partial charge in [0.05, 0.1) is 5.41 Å². The molecule has 11 rings (SSSR count). The summed E-state index contributed by atoms with van der Waals surface area (Å²) in [4.78, 5) is 0. The summed E-state index contributed by atoms with van der Waals surface area (Å²) in [6.07, 6.45) is 0. The fraction of sp³-hybridized carbons (Fsp3) is 0.0714. The van der Waals surface area contributed by atoms with Gasteiger partial charge in [-0.1, -0.05) is 237 Å². The van der Waals surface area contributed by atoms with E-state index in [0.29, 0.717) is 0 Å². The number of allylic oxidation sites excluding steroid dienone is 3. The maximum Gasteiger partial charge on any atom is 0.0578 e. The first-order valence-electron chi connectivity index (χ1n) is 19.8. The molecule has 0 amide bonds. The van der Waals surface area contributed by atoms with E-state index in [0.717, 1.165) is 0 Å². The fourth-order valence-electron chi connectivity index (χ4n) is 11.6. The lowest BCUT2D eigenvalue weighted by Crippen LogP contribution is -2.41. The van der Waals surface area contributed by atoms with Crippen LogP contribution in [-0.2, 0) is 16.2 Å². The molecular weight excluding hydrogens is 673 g/mol. The molecule has 4 atom stereocenters. The Bertz CT molecular complexity index is 2710. The number of rotatable bonds is 8. The Kier molecular flexibility index (Phi) is 7.38. The third-order valence-electron chi connectivity index (χ3n) is 13.1. The maximum absolute atomic E-state index is 2.46. The summed E-state index contributed by atoms with van der Waals surface area (Å²) in [7, 11) is 0. The normalized spacial score (nSPS) is 22.6. The molecule has 1 fully saturated rings. The lowest BCUT2D eigenvalue weighted by molar-refractivity contribution is 0.487. The van der Waals surface area contributed by atoms with Crippen LogP contribution in [0.2, 0.25) is 0 Å². The minimum atomic E-state index is -0.540. The van der Waals surface area contributed by atoms with Crippen molar-refractivity contribution < 1.29 is 0 Å². The van der Waals surface area contributed by atoms with Crippen LogP contribution in [0.15, 0.2) is 242 Å². The summed E-state index contributed by atoms with van der Waals surface area (Å²) in [5, 5.41) is 0. The first-order valence-corrected chi connectivity index (χ1v) is 19.8. The fourth-order valence-corrected chi connectivity index (χ4v) is 11.6. The van der Waals surface area contributed by atoms with E-state index in [-0.39, 0.29) is 16.7 Å². The zero-order valence-electron chi connectivity index (χ0n) is 31.1. The Morgan fingerprint density at radius 1 is 0.321 bits per heavy atom. The van der Waals surface area contributed by atoms with E-state index in [1.54, 1.807) is 0 Å². The topological polar surface area (TPSA) is 0 Å². The van der Waals surface area contributed by atoms with Crippen molar-refractivity contribution in [1.29, 1.82) is 0 Å². The van der Waals surface area contributed by atoms with Crippen LogP contribution >= 0.6 is 0 Å². The molecule has 0 radical (unpaired) electrons. The highest BCUT2D eigenvalue weighted by Gasteiger charge is 2.93. The van der Waals surface area contributed by atoms with Crippen LogP contribution in [0.3, 0.4) is 0 Å². The van der Waals surface area contributed by atoms with Crippen molar-refractivity contribution in [2.24, 2.45) is 5.92 Å². The van der Waals surface area contributed by atoms with Gasteiger partial charge in [0, 0.05) is 16.7 Å². The summed E-state index contributed by atoms with van der Waals surface area (Å²) in [5.41, 5.74) is 15.9. The molecule has 0 nitrogen and oxygen atoms in total. The van der Waals surface area contributed by atoms with Crippen molar-refractivity contribution in [3.8, 4) is 0 Å². The molecular formula is C56H40. The summed E-state index contributed by atoms with van der Waals surface area (Å²) in [5.74, 6) is 0.0998. The van der Waals surface area contributed by atoms with Crippen molar-refractivity contribution in [2.45, 2.75) is 16.2 Å². The van der Waals surface area contributed by atoms with Crippen molar-refractivity contribution in [2.75, 3.05) is 0 Å². The van der Waals surface area contributed by atoms with Gasteiger partial charge in [0.25, 0.3) is 0 Å².